The second kappa shape index (κ2) is 66.6. The molecule has 0 aromatic carbocycles. The fourth-order valence-corrected chi connectivity index (χ4v) is 10.1. The number of hydrogen-bond donors (Lipinski definition) is 0. The highest BCUT2D eigenvalue weighted by Crippen LogP contribution is 2.18. The van der Waals surface area contributed by atoms with Gasteiger partial charge in [-0.2, -0.15) is 0 Å². The van der Waals surface area contributed by atoms with Gasteiger partial charge >= 0.3 is 17.9 Å². The average molecular weight is 1090 g/mol. The molecule has 1 unspecified atom stereocenters. The lowest BCUT2D eigenvalue weighted by molar-refractivity contribution is -0.167. The molecule has 454 valence electrons. The molecule has 1 atom stereocenters. The highest BCUT2D eigenvalue weighted by Gasteiger charge is 2.19. The summed E-state index contributed by atoms with van der Waals surface area (Å²) >= 11 is 0. The van der Waals surface area contributed by atoms with Crippen molar-refractivity contribution in [2.24, 2.45) is 0 Å². The van der Waals surface area contributed by atoms with E-state index in [-0.39, 0.29) is 31.1 Å². The highest BCUT2D eigenvalue weighted by molar-refractivity contribution is 5.71. The molecule has 6 heteroatoms. The van der Waals surface area contributed by atoms with E-state index in [2.05, 4.69) is 81.5 Å². The quantitative estimate of drug-likeness (QED) is 0.0261. The predicted molar refractivity (Wildman–Crippen MR) is 339 cm³/mol. The van der Waals surface area contributed by atoms with Gasteiger partial charge in [0.1, 0.15) is 13.2 Å². The molecular formula is C72H130O6. The van der Waals surface area contributed by atoms with Gasteiger partial charge in [-0.05, 0) is 83.5 Å². The summed E-state index contributed by atoms with van der Waals surface area (Å²) in [7, 11) is 0. The fourth-order valence-electron chi connectivity index (χ4n) is 10.1. The summed E-state index contributed by atoms with van der Waals surface area (Å²) in [4.78, 5) is 38.4. The summed E-state index contributed by atoms with van der Waals surface area (Å²) in [5.41, 5.74) is 0. The minimum atomic E-state index is -0.776. The molecule has 78 heavy (non-hydrogen) atoms. The standard InChI is InChI=1S/C72H130O6/c1-4-7-10-13-16-19-22-25-27-29-31-33-34-35-36-37-38-40-41-43-45-47-50-53-56-59-62-65-71(74)77-68-69(67-76-70(73)64-61-58-55-52-49-24-21-18-15-12-9-6-3)78-72(75)66-63-60-57-54-51-48-46-44-42-39-32-30-28-26-23-20-17-14-11-8-5-2/h7,10,16,18-19,21,25,27,31,33,69H,4-6,8-9,11-15,17,20,22-24,26,28-30,32,34-68H2,1-3H3/b10-7-,19-16-,21-18-,27-25-,33-31-. The predicted octanol–water partition coefficient (Wildman–Crippen LogP) is 23.5. The van der Waals surface area contributed by atoms with E-state index in [1.807, 2.05) is 0 Å². The molecule has 0 heterocycles. The van der Waals surface area contributed by atoms with E-state index >= 15 is 0 Å². The molecule has 0 amide bonds. The first-order chi connectivity index (χ1) is 38.5. The van der Waals surface area contributed by atoms with Gasteiger partial charge in [0.15, 0.2) is 6.10 Å². The molecule has 0 aliphatic heterocycles. The number of esters is 3. The number of allylic oxidation sites excluding steroid dienone is 10. The maximum Gasteiger partial charge on any atom is 0.306 e. The molecule has 0 spiro atoms. The zero-order valence-electron chi connectivity index (χ0n) is 52.2. The van der Waals surface area contributed by atoms with Crippen LogP contribution in [0.1, 0.15) is 361 Å². The Hall–Kier alpha value is -2.89. The number of unbranched alkanes of at least 4 members (excludes halogenated alkanes) is 42. The molecular weight excluding hydrogens is 961 g/mol. The van der Waals surface area contributed by atoms with Crippen molar-refractivity contribution in [2.75, 3.05) is 13.2 Å². The van der Waals surface area contributed by atoms with Crippen LogP contribution in [0.3, 0.4) is 0 Å². The Morgan fingerprint density at radius 2 is 0.500 bits per heavy atom. The van der Waals surface area contributed by atoms with Crippen molar-refractivity contribution in [3.63, 3.8) is 0 Å². The molecule has 0 saturated carbocycles. The van der Waals surface area contributed by atoms with Crippen LogP contribution in [0.5, 0.6) is 0 Å². The van der Waals surface area contributed by atoms with Gasteiger partial charge in [-0.25, -0.2) is 0 Å². The van der Waals surface area contributed by atoms with Gasteiger partial charge < -0.3 is 14.2 Å². The third kappa shape index (κ3) is 63.9. The summed E-state index contributed by atoms with van der Waals surface area (Å²) in [5, 5.41) is 0. The van der Waals surface area contributed by atoms with Gasteiger partial charge in [0.2, 0.25) is 0 Å². The van der Waals surface area contributed by atoms with Crippen LogP contribution in [-0.2, 0) is 28.6 Å². The van der Waals surface area contributed by atoms with Gasteiger partial charge in [0.05, 0.1) is 0 Å². The lowest BCUT2D eigenvalue weighted by Gasteiger charge is -2.18. The fraction of sp³-hybridized carbons (Fsp3) is 0.819. The number of carbonyl (C=O) groups excluding carboxylic acids is 3. The van der Waals surface area contributed by atoms with Crippen LogP contribution in [0.25, 0.3) is 0 Å². The zero-order chi connectivity index (χ0) is 56.4. The topological polar surface area (TPSA) is 78.9 Å². The van der Waals surface area contributed by atoms with Gasteiger partial charge in [-0.3, -0.25) is 14.4 Å². The third-order valence-corrected chi connectivity index (χ3v) is 15.3. The summed E-state index contributed by atoms with van der Waals surface area (Å²) in [5.74, 6) is -0.859. The van der Waals surface area contributed by atoms with Crippen molar-refractivity contribution in [3.05, 3.63) is 60.8 Å². The minimum absolute atomic E-state index is 0.0725. The Bertz CT molecular complexity index is 1390. The highest BCUT2D eigenvalue weighted by atomic mass is 16.6. The van der Waals surface area contributed by atoms with Crippen LogP contribution in [-0.4, -0.2) is 37.2 Å². The molecule has 0 aliphatic carbocycles. The molecule has 0 saturated heterocycles. The number of hydrogen-bond acceptors (Lipinski definition) is 6. The second-order valence-corrected chi connectivity index (χ2v) is 23.1. The Balaban J connectivity index is 4.22. The molecule has 0 aliphatic rings. The Kier molecular flexibility index (Phi) is 64.2. The molecule has 0 fully saturated rings. The van der Waals surface area contributed by atoms with E-state index in [4.69, 9.17) is 14.2 Å². The summed E-state index contributed by atoms with van der Waals surface area (Å²) in [6.07, 6.45) is 85.3. The number of carbonyl (C=O) groups is 3. The van der Waals surface area contributed by atoms with E-state index in [1.54, 1.807) is 0 Å². The maximum atomic E-state index is 12.9. The molecule has 0 N–H and O–H groups in total. The van der Waals surface area contributed by atoms with Crippen molar-refractivity contribution in [1.82, 2.24) is 0 Å². The largest absolute Gasteiger partial charge is 0.462 e. The van der Waals surface area contributed by atoms with Crippen LogP contribution in [0.15, 0.2) is 60.8 Å². The lowest BCUT2D eigenvalue weighted by Crippen LogP contribution is -2.30. The first-order valence-electron chi connectivity index (χ1n) is 34.3. The van der Waals surface area contributed by atoms with E-state index in [0.29, 0.717) is 19.3 Å². The lowest BCUT2D eigenvalue weighted by atomic mass is 10.0. The van der Waals surface area contributed by atoms with E-state index in [0.717, 1.165) is 89.9 Å². The Labute approximate surface area is 485 Å². The molecule has 0 radical (unpaired) electrons. The molecule has 0 rings (SSSR count). The van der Waals surface area contributed by atoms with Crippen LogP contribution in [0.2, 0.25) is 0 Å². The van der Waals surface area contributed by atoms with Gasteiger partial charge in [0.25, 0.3) is 0 Å². The molecule has 0 bridgehead atoms. The normalized spacial score (nSPS) is 12.4. The second-order valence-electron chi connectivity index (χ2n) is 23.1. The van der Waals surface area contributed by atoms with Crippen LogP contribution in [0.4, 0.5) is 0 Å². The van der Waals surface area contributed by atoms with Crippen LogP contribution in [0, 0.1) is 0 Å². The summed E-state index contributed by atoms with van der Waals surface area (Å²) in [6.45, 7) is 6.56. The van der Waals surface area contributed by atoms with Crippen molar-refractivity contribution in [2.45, 2.75) is 367 Å². The average Bonchev–Trinajstić information content (AvgIpc) is 3.44. The Morgan fingerprint density at radius 3 is 0.821 bits per heavy atom. The number of rotatable bonds is 63. The van der Waals surface area contributed by atoms with Gasteiger partial charge in [0, 0.05) is 19.3 Å². The van der Waals surface area contributed by atoms with Crippen LogP contribution < -0.4 is 0 Å². The molecule has 0 aromatic rings. The number of ether oxygens (including phenoxy) is 3. The van der Waals surface area contributed by atoms with E-state index < -0.39 is 6.10 Å². The first kappa shape index (κ1) is 75.1. The monoisotopic (exact) mass is 1090 g/mol. The maximum absolute atomic E-state index is 12.9. The van der Waals surface area contributed by atoms with E-state index in [9.17, 15) is 14.4 Å². The van der Waals surface area contributed by atoms with Crippen molar-refractivity contribution in [3.8, 4) is 0 Å². The van der Waals surface area contributed by atoms with E-state index in [1.165, 1.54) is 231 Å². The first-order valence-corrected chi connectivity index (χ1v) is 34.3. The van der Waals surface area contributed by atoms with Crippen LogP contribution >= 0.6 is 0 Å². The van der Waals surface area contributed by atoms with Crippen molar-refractivity contribution >= 4 is 17.9 Å². The third-order valence-electron chi connectivity index (χ3n) is 15.3. The van der Waals surface area contributed by atoms with Crippen molar-refractivity contribution in [1.29, 1.82) is 0 Å². The zero-order valence-corrected chi connectivity index (χ0v) is 52.2. The Morgan fingerprint density at radius 1 is 0.269 bits per heavy atom. The molecule has 6 nitrogen and oxygen atoms in total. The van der Waals surface area contributed by atoms with Gasteiger partial charge in [-0.1, -0.05) is 319 Å². The molecule has 0 aromatic heterocycles. The smallest absolute Gasteiger partial charge is 0.306 e. The van der Waals surface area contributed by atoms with Crippen molar-refractivity contribution < 1.29 is 28.6 Å². The van der Waals surface area contributed by atoms with Gasteiger partial charge in [-0.15, -0.1) is 0 Å². The minimum Gasteiger partial charge on any atom is -0.462 e. The summed E-state index contributed by atoms with van der Waals surface area (Å²) in [6, 6.07) is 0. The SMILES string of the molecule is CC/C=C\C/C=C\C/C=C\C/C=C\CCCCCCCCCCCCCCCCC(=O)OCC(COC(=O)CCCCCCC/C=C\CCCCC)OC(=O)CCCCCCCCCCCCCCCCCCCCCCC. The summed E-state index contributed by atoms with van der Waals surface area (Å²) < 4.78 is 17.0.